The molecule has 2 aliphatic rings. The Balaban J connectivity index is 1.53. The lowest BCUT2D eigenvalue weighted by Gasteiger charge is -2.38. The van der Waals surface area contributed by atoms with Gasteiger partial charge in [-0.25, -0.2) is 5.01 Å². The first-order valence-electron chi connectivity index (χ1n) is 9.83. The monoisotopic (exact) mass is 404 g/mol. The van der Waals surface area contributed by atoms with Gasteiger partial charge in [-0.3, -0.25) is 0 Å². The van der Waals surface area contributed by atoms with Crippen LogP contribution in [0, 0.1) is 0 Å². The molecule has 29 heavy (non-hydrogen) atoms. The number of nitrogens with zero attached hydrogens (tertiary/aromatic N) is 2. The summed E-state index contributed by atoms with van der Waals surface area (Å²) in [4.78, 5) is 0. The molecule has 0 saturated heterocycles. The molecule has 0 fully saturated rings. The Kier molecular flexibility index (Phi) is 4.64. The van der Waals surface area contributed by atoms with Crippen LogP contribution in [0.2, 0.25) is 5.02 Å². The molecule has 2 atom stereocenters. The summed E-state index contributed by atoms with van der Waals surface area (Å²) in [5.74, 6) is 1.77. The predicted molar refractivity (Wildman–Crippen MR) is 115 cm³/mol. The van der Waals surface area contributed by atoms with E-state index in [-0.39, 0.29) is 12.3 Å². The molecule has 0 spiro atoms. The van der Waals surface area contributed by atoms with Crippen molar-refractivity contribution in [1.29, 1.82) is 0 Å². The minimum Gasteiger partial charge on any atom is -0.494 e. The van der Waals surface area contributed by atoms with Crippen LogP contribution < -0.4 is 9.47 Å². The number of para-hydroxylation sites is 1. The van der Waals surface area contributed by atoms with Crippen LogP contribution in [0.1, 0.15) is 42.3 Å². The Morgan fingerprint density at radius 2 is 1.79 bits per heavy atom. The van der Waals surface area contributed by atoms with Gasteiger partial charge >= 0.3 is 0 Å². The largest absolute Gasteiger partial charge is 0.494 e. The van der Waals surface area contributed by atoms with Crippen molar-refractivity contribution in [2.75, 3.05) is 6.61 Å². The minimum atomic E-state index is -0.282. The van der Waals surface area contributed by atoms with Gasteiger partial charge in [0.05, 0.1) is 18.4 Å². The molecule has 3 aromatic rings. The van der Waals surface area contributed by atoms with Crippen LogP contribution in [0.4, 0.5) is 0 Å². The van der Waals surface area contributed by atoms with E-state index in [2.05, 4.69) is 29.3 Å². The highest BCUT2D eigenvalue weighted by molar-refractivity contribution is 6.30. The Morgan fingerprint density at radius 3 is 2.55 bits per heavy atom. The van der Waals surface area contributed by atoms with Crippen molar-refractivity contribution in [3.8, 4) is 11.5 Å². The lowest BCUT2D eigenvalue weighted by atomic mass is 9.96. The Morgan fingerprint density at radius 1 is 1.03 bits per heavy atom. The molecular formula is C24H21ClN2O2. The maximum atomic E-state index is 6.39. The predicted octanol–water partition coefficient (Wildman–Crippen LogP) is 5.98. The molecule has 2 aliphatic heterocycles. The van der Waals surface area contributed by atoms with Crippen LogP contribution in [0.25, 0.3) is 0 Å². The quantitative estimate of drug-likeness (QED) is 0.536. The van der Waals surface area contributed by atoms with Crippen LogP contribution >= 0.6 is 11.6 Å². The fourth-order valence-corrected chi connectivity index (χ4v) is 4.09. The van der Waals surface area contributed by atoms with E-state index in [1.165, 1.54) is 5.56 Å². The third-order valence-electron chi connectivity index (χ3n) is 5.35. The molecule has 0 aliphatic carbocycles. The minimum absolute atomic E-state index is 0.141. The van der Waals surface area contributed by atoms with Crippen LogP contribution in [-0.4, -0.2) is 17.3 Å². The zero-order valence-electron chi connectivity index (χ0n) is 16.1. The van der Waals surface area contributed by atoms with Gasteiger partial charge in [0.2, 0.25) is 6.23 Å². The number of fused-ring (bicyclic) bond motifs is 3. The van der Waals surface area contributed by atoms with Crippen LogP contribution in [-0.2, 0) is 0 Å². The highest BCUT2D eigenvalue weighted by atomic mass is 35.5. The Bertz CT molecular complexity index is 1050. The van der Waals surface area contributed by atoms with E-state index in [1.54, 1.807) is 0 Å². The summed E-state index contributed by atoms with van der Waals surface area (Å²) in [5, 5.41) is 7.79. The number of hydrogen-bond donors (Lipinski definition) is 0. The molecule has 2 heterocycles. The lowest BCUT2D eigenvalue weighted by Crippen LogP contribution is -2.33. The number of ether oxygens (including phenoxy) is 2. The smallest absolute Gasteiger partial charge is 0.213 e. The molecule has 146 valence electrons. The summed E-state index contributed by atoms with van der Waals surface area (Å²) in [6.07, 6.45) is 0.547. The number of halogens is 1. The second-order valence-electron chi connectivity index (χ2n) is 7.16. The summed E-state index contributed by atoms with van der Waals surface area (Å²) in [7, 11) is 0. The normalized spacial score (nSPS) is 19.8. The van der Waals surface area contributed by atoms with Gasteiger partial charge < -0.3 is 9.47 Å². The number of benzene rings is 3. The van der Waals surface area contributed by atoms with Crippen LogP contribution in [0.5, 0.6) is 11.5 Å². The second kappa shape index (κ2) is 7.45. The highest BCUT2D eigenvalue weighted by Crippen LogP contribution is 2.47. The van der Waals surface area contributed by atoms with Crippen molar-refractivity contribution in [2.24, 2.45) is 5.10 Å². The second-order valence-corrected chi connectivity index (χ2v) is 7.60. The third kappa shape index (κ3) is 3.34. The molecule has 0 aromatic heterocycles. The van der Waals surface area contributed by atoms with E-state index in [4.69, 9.17) is 26.2 Å². The molecule has 5 heteroatoms. The van der Waals surface area contributed by atoms with Crippen LogP contribution in [0.3, 0.4) is 0 Å². The summed E-state index contributed by atoms with van der Waals surface area (Å²) >= 11 is 6.07. The number of hydrazone groups is 1. The Labute approximate surface area is 175 Å². The van der Waals surface area contributed by atoms with Gasteiger partial charge in [0.1, 0.15) is 11.5 Å². The van der Waals surface area contributed by atoms with E-state index >= 15 is 0 Å². The van der Waals surface area contributed by atoms with Gasteiger partial charge in [-0.05, 0) is 55.0 Å². The van der Waals surface area contributed by atoms with Gasteiger partial charge in [0.15, 0.2) is 0 Å². The summed E-state index contributed by atoms with van der Waals surface area (Å²) in [6, 6.07) is 24.3. The SMILES string of the molecule is CCOc1ccc(C2Oc3ccccc3C3CC(c4ccc(Cl)cc4)=NN32)cc1. The van der Waals surface area contributed by atoms with E-state index in [0.29, 0.717) is 6.61 Å². The molecule has 0 saturated carbocycles. The molecule has 2 unspecified atom stereocenters. The first-order valence-corrected chi connectivity index (χ1v) is 10.2. The van der Waals surface area contributed by atoms with Gasteiger partial charge in [0, 0.05) is 22.6 Å². The lowest BCUT2D eigenvalue weighted by molar-refractivity contribution is -0.0190. The summed E-state index contributed by atoms with van der Waals surface area (Å²) in [6.45, 7) is 2.63. The van der Waals surface area contributed by atoms with Crippen molar-refractivity contribution in [2.45, 2.75) is 25.6 Å². The zero-order valence-corrected chi connectivity index (χ0v) is 16.8. The fourth-order valence-electron chi connectivity index (χ4n) is 3.97. The van der Waals surface area contributed by atoms with Gasteiger partial charge in [-0.15, -0.1) is 0 Å². The topological polar surface area (TPSA) is 34.1 Å². The summed E-state index contributed by atoms with van der Waals surface area (Å²) < 4.78 is 12.0. The molecule has 3 aromatic carbocycles. The van der Waals surface area contributed by atoms with Crippen molar-refractivity contribution in [3.05, 3.63) is 94.5 Å². The molecule has 0 amide bonds. The maximum Gasteiger partial charge on any atom is 0.213 e. The molecule has 0 radical (unpaired) electrons. The Hall–Kier alpha value is -2.98. The van der Waals surface area contributed by atoms with E-state index in [0.717, 1.165) is 39.8 Å². The van der Waals surface area contributed by atoms with Crippen molar-refractivity contribution >= 4 is 17.3 Å². The van der Waals surface area contributed by atoms with E-state index in [1.807, 2.05) is 55.5 Å². The summed E-state index contributed by atoms with van der Waals surface area (Å²) in [5.41, 5.74) is 4.35. The van der Waals surface area contributed by atoms with Gasteiger partial charge in [0.25, 0.3) is 0 Å². The van der Waals surface area contributed by atoms with Gasteiger partial charge in [-0.2, -0.15) is 5.10 Å². The molecular weight excluding hydrogens is 384 g/mol. The standard InChI is InChI=1S/C24H21ClN2O2/c1-2-28-19-13-9-17(10-14-19)24-27-22(20-5-3-4-6-23(20)29-24)15-21(26-27)16-7-11-18(25)12-8-16/h3-14,22,24H,2,15H2,1H3. The molecule has 0 N–H and O–H groups in total. The molecule has 5 rings (SSSR count). The first-order chi connectivity index (χ1) is 14.2. The highest BCUT2D eigenvalue weighted by Gasteiger charge is 2.40. The number of hydrogen-bond acceptors (Lipinski definition) is 4. The molecule has 4 nitrogen and oxygen atoms in total. The van der Waals surface area contributed by atoms with Crippen molar-refractivity contribution in [3.63, 3.8) is 0 Å². The van der Waals surface area contributed by atoms with Gasteiger partial charge in [-0.1, -0.05) is 41.9 Å². The fraction of sp³-hybridized carbons (Fsp3) is 0.208. The van der Waals surface area contributed by atoms with E-state index in [9.17, 15) is 0 Å². The average Bonchev–Trinajstić information content (AvgIpc) is 3.20. The molecule has 0 bridgehead atoms. The van der Waals surface area contributed by atoms with E-state index < -0.39 is 0 Å². The first kappa shape index (κ1) is 18.1. The van der Waals surface area contributed by atoms with Crippen molar-refractivity contribution in [1.82, 2.24) is 5.01 Å². The zero-order chi connectivity index (χ0) is 19.8. The maximum absolute atomic E-state index is 6.39. The third-order valence-corrected chi connectivity index (χ3v) is 5.60. The number of rotatable bonds is 4. The van der Waals surface area contributed by atoms with Crippen molar-refractivity contribution < 1.29 is 9.47 Å². The average molecular weight is 405 g/mol. The van der Waals surface area contributed by atoms with Crippen LogP contribution in [0.15, 0.2) is 77.9 Å².